The Balaban J connectivity index is 0.00000192. The largest absolute Gasteiger partial charge is 0.443 e. The third kappa shape index (κ3) is 4.04. The molecule has 3 rings (SSSR count). The Kier molecular flexibility index (Phi) is 6.04. The van der Waals surface area contributed by atoms with Gasteiger partial charge in [0.1, 0.15) is 6.10 Å². The fourth-order valence-corrected chi connectivity index (χ4v) is 4.09. The first-order valence-corrected chi connectivity index (χ1v) is 9.41. The zero-order valence-corrected chi connectivity index (χ0v) is 14.1. The maximum Gasteiger partial charge on any atom is 0.414 e. The Morgan fingerprint density at radius 1 is 1.22 bits per heavy atom. The Labute approximate surface area is 139 Å². The maximum absolute atomic E-state index is 11.8. The molecular formula is C16H25N3O3S. The Morgan fingerprint density at radius 3 is 2.57 bits per heavy atom. The zero-order valence-electron chi connectivity index (χ0n) is 13.2. The molecular weight excluding hydrogens is 314 g/mol. The SMILES string of the molecule is C=S1CCCN(c2ccc(N3C[C@H](CN)OC3=O)cc2)CC1.O. The molecule has 0 bridgehead atoms. The predicted octanol–water partition coefficient (Wildman–Crippen LogP) is 1.06. The van der Waals surface area contributed by atoms with Gasteiger partial charge < -0.3 is 20.8 Å². The van der Waals surface area contributed by atoms with Crippen molar-refractivity contribution in [3.8, 4) is 0 Å². The fraction of sp³-hybridized carbons (Fsp3) is 0.500. The van der Waals surface area contributed by atoms with Crippen LogP contribution in [0.3, 0.4) is 0 Å². The fourth-order valence-electron chi connectivity index (χ4n) is 2.87. The van der Waals surface area contributed by atoms with Gasteiger partial charge in [-0.1, -0.05) is 5.87 Å². The van der Waals surface area contributed by atoms with Gasteiger partial charge in [-0.15, -0.1) is 0 Å². The number of amides is 1. The number of cyclic esters (lactones) is 1. The van der Waals surface area contributed by atoms with Crippen LogP contribution in [0, 0.1) is 0 Å². The van der Waals surface area contributed by atoms with Gasteiger partial charge in [-0.25, -0.2) is 4.79 Å². The van der Waals surface area contributed by atoms with E-state index < -0.39 is 0 Å². The van der Waals surface area contributed by atoms with Gasteiger partial charge in [0.25, 0.3) is 0 Å². The lowest BCUT2D eigenvalue weighted by atomic mass is 10.2. The number of carbonyl (C=O) groups is 1. The quantitative estimate of drug-likeness (QED) is 0.834. The molecule has 1 aromatic carbocycles. The van der Waals surface area contributed by atoms with Crippen molar-refractivity contribution < 1.29 is 15.0 Å². The number of carbonyl (C=O) groups excluding carboxylic acids is 1. The molecule has 2 heterocycles. The summed E-state index contributed by atoms with van der Waals surface area (Å²) in [5.74, 6) is 6.60. The second-order valence-corrected chi connectivity index (χ2v) is 7.77. The standard InChI is InChI=1S/C16H23N3O2S.H2O/c1-22-9-2-7-18(8-10-22)13-3-5-14(6-4-13)19-12-15(11-17)21-16(19)20;/h3-6,15H,1-2,7-12,17H2;1H2/t15-,22?;/m0./s1. The van der Waals surface area contributed by atoms with Crippen molar-refractivity contribution in [2.24, 2.45) is 5.73 Å². The molecule has 6 nitrogen and oxygen atoms in total. The molecule has 2 fully saturated rings. The van der Waals surface area contributed by atoms with Crippen molar-refractivity contribution in [2.75, 3.05) is 47.5 Å². The third-order valence-electron chi connectivity index (χ3n) is 4.17. The molecule has 1 unspecified atom stereocenters. The van der Waals surface area contributed by atoms with Gasteiger partial charge in [0, 0.05) is 36.8 Å². The van der Waals surface area contributed by atoms with Gasteiger partial charge in [0.05, 0.1) is 6.54 Å². The van der Waals surface area contributed by atoms with Crippen LogP contribution in [-0.4, -0.2) is 61.2 Å². The molecule has 2 saturated heterocycles. The Hall–Kier alpha value is -1.57. The van der Waals surface area contributed by atoms with Gasteiger partial charge in [0.15, 0.2) is 0 Å². The summed E-state index contributed by atoms with van der Waals surface area (Å²) in [5, 5.41) is 0. The minimum absolute atomic E-state index is 0. The average Bonchev–Trinajstić information content (AvgIpc) is 2.78. The van der Waals surface area contributed by atoms with E-state index in [1.54, 1.807) is 4.90 Å². The number of ether oxygens (including phenoxy) is 1. The van der Waals surface area contributed by atoms with Crippen LogP contribution in [0.25, 0.3) is 0 Å². The van der Waals surface area contributed by atoms with Crippen LogP contribution >= 0.6 is 10.5 Å². The van der Waals surface area contributed by atoms with Crippen LogP contribution in [0.15, 0.2) is 24.3 Å². The van der Waals surface area contributed by atoms with Crippen molar-refractivity contribution in [3.63, 3.8) is 0 Å². The summed E-state index contributed by atoms with van der Waals surface area (Å²) in [5.41, 5.74) is 7.65. The third-order valence-corrected chi connectivity index (χ3v) is 5.80. The lowest BCUT2D eigenvalue weighted by Gasteiger charge is -2.23. The van der Waals surface area contributed by atoms with Crippen LogP contribution in [0.4, 0.5) is 16.2 Å². The lowest BCUT2D eigenvalue weighted by Crippen LogP contribution is -2.28. The topological polar surface area (TPSA) is 90.3 Å². The summed E-state index contributed by atoms with van der Waals surface area (Å²) in [6.45, 7) is 3.04. The molecule has 128 valence electrons. The van der Waals surface area contributed by atoms with Crippen LogP contribution in [0.1, 0.15) is 6.42 Å². The smallest absolute Gasteiger partial charge is 0.414 e. The van der Waals surface area contributed by atoms with Crippen molar-refractivity contribution >= 4 is 33.8 Å². The minimum atomic E-state index is -0.306. The Morgan fingerprint density at radius 2 is 1.91 bits per heavy atom. The average molecular weight is 339 g/mol. The molecule has 1 amide bonds. The highest BCUT2D eigenvalue weighted by Gasteiger charge is 2.31. The van der Waals surface area contributed by atoms with E-state index in [-0.39, 0.29) is 17.7 Å². The van der Waals surface area contributed by atoms with Gasteiger partial charge in [-0.05, 0) is 36.4 Å². The van der Waals surface area contributed by atoms with Crippen molar-refractivity contribution in [3.05, 3.63) is 24.3 Å². The van der Waals surface area contributed by atoms with E-state index in [9.17, 15) is 4.79 Å². The van der Waals surface area contributed by atoms with Gasteiger partial charge >= 0.3 is 6.09 Å². The van der Waals surface area contributed by atoms with E-state index in [2.05, 4.69) is 22.9 Å². The summed E-state index contributed by atoms with van der Waals surface area (Å²) in [6, 6.07) is 8.16. The van der Waals surface area contributed by atoms with Crippen molar-refractivity contribution in [2.45, 2.75) is 12.5 Å². The molecule has 0 aliphatic carbocycles. The molecule has 2 atom stereocenters. The normalized spacial score (nSPS) is 24.8. The van der Waals surface area contributed by atoms with Crippen molar-refractivity contribution in [1.29, 1.82) is 0 Å². The molecule has 23 heavy (non-hydrogen) atoms. The van der Waals surface area contributed by atoms with Gasteiger partial charge in [-0.3, -0.25) is 4.90 Å². The number of nitrogens with two attached hydrogens (primary N) is 1. The molecule has 4 N–H and O–H groups in total. The number of hydrogen-bond acceptors (Lipinski definition) is 4. The second kappa shape index (κ2) is 7.81. The summed E-state index contributed by atoms with van der Waals surface area (Å²) < 4.78 is 5.20. The van der Waals surface area contributed by atoms with Gasteiger partial charge in [0.2, 0.25) is 0 Å². The van der Waals surface area contributed by atoms with E-state index in [0.29, 0.717) is 23.6 Å². The zero-order chi connectivity index (χ0) is 15.5. The van der Waals surface area contributed by atoms with E-state index in [1.807, 2.05) is 12.1 Å². The highest BCUT2D eigenvalue weighted by atomic mass is 32.2. The van der Waals surface area contributed by atoms with Gasteiger partial charge in [-0.2, -0.15) is 10.5 Å². The molecule has 7 heteroatoms. The summed E-state index contributed by atoms with van der Waals surface area (Å²) in [4.78, 5) is 15.9. The van der Waals surface area contributed by atoms with Crippen molar-refractivity contribution in [1.82, 2.24) is 0 Å². The molecule has 2 aliphatic heterocycles. The number of anilines is 2. The first kappa shape index (κ1) is 17.8. The first-order valence-electron chi connectivity index (χ1n) is 7.68. The number of hydrogen-bond donors (Lipinski definition) is 1. The van der Waals surface area contributed by atoms with E-state index in [0.717, 1.165) is 18.8 Å². The predicted molar refractivity (Wildman–Crippen MR) is 98.0 cm³/mol. The molecule has 2 aliphatic rings. The first-order chi connectivity index (χ1) is 10.7. The molecule has 0 aromatic heterocycles. The number of rotatable bonds is 3. The molecule has 0 saturated carbocycles. The Bertz CT molecular complexity index is 564. The van der Waals surface area contributed by atoms with E-state index in [4.69, 9.17) is 10.5 Å². The number of nitrogens with zero attached hydrogens (tertiary/aromatic N) is 2. The van der Waals surface area contributed by atoms with Crippen LogP contribution in [0.2, 0.25) is 0 Å². The highest BCUT2D eigenvalue weighted by molar-refractivity contribution is 8.14. The van der Waals surface area contributed by atoms with Crippen LogP contribution in [-0.2, 0) is 4.74 Å². The second-order valence-electron chi connectivity index (χ2n) is 5.73. The number of benzene rings is 1. The summed E-state index contributed by atoms with van der Waals surface area (Å²) in [6.07, 6.45) is 0.692. The van der Waals surface area contributed by atoms with E-state index >= 15 is 0 Å². The molecule has 0 radical (unpaired) electrons. The highest BCUT2D eigenvalue weighted by Crippen LogP contribution is 2.26. The maximum atomic E-state index is 11.8. The summed E-state index contributed by atoms with van der Waals surface area (Å²) in [7, 11) is 0.309. The summed E-state index contributed by atoms with van der Waals surface area (Å²) >= 11 is 0. The van der Waals surface area contributed by atoms with Crippen LogP contribution < -0.4 is 15.5 Å². The minimum Gasteiger partial charge on any atom is -0.443 e. The molecule has 1 aromatic rings. The lowest BCUT2D eigenvalue weighted by molar-refractivity contribution is 0.145. The van der Waals surface area contributed by atoms with Crippen LogP contribution in [0.5, 0.6) is 0 Å². The monoisotopic (exact) mass is 339 g/mol. The van der Waals surface area contributed by atoms with E-state index in [1.165, 1.54) is 23.6 Å². The molecule has 0 spiro atoms.